The first-order valence-electron chi connectivity index (χ1n) is 7.09. The number of carboxylic acid groups (broad SMARTS) is 1. The van der Waals surface area contributed by atoms with Crippen LogP contribution < -0.4 is 0 Å². The maximum Gasteiger partial charge on any atom is 0.332 e. The topological polar surface area (TPSA) is 93.1 Å². The van der Waals surface area contributed by atoms with E-state index >= 15 is 0 Å². The molecule has 120 valence electrons. The summed E-state index contributed by atoms with van der Waals surface area (Å²) in [7, 11) is 1.30. The van der Waals surface area contributed by atoms with Crippen LogP contribution in [0.2, 0.25) is 0 Å². The zero-order valence-electron chi connectivity index (χ0n) is 12.7. The first-order chi connectivity index (χ1) is 9.85. The van der Waals surface area contributed by atoms with Gasteiger partial charge in [-0.15, -0.1) is 0 Å². The van der Waals surface area contributed by atoms with Crippen LogP contribution in [0, 0.1) is 5.92 Å². The summed E-state index contributed by atoms with van der Waals surface area (Å²) in [4.78, 5) is 36.0. The van der Waals surface area contributed by atoms with Crippen LogP contribution in [0.1, 0.15) is 33.1 Å². The first kappa shape index (κ1) is 17.4. The lowest BCUT2D eigenvalue weighted by atomic mass is 10.1. The molecule has 0 spiro atoms. The summed E-state index contributed by atoms with van der Waals surface area (Å²) < 4.78 is 9.85. The van der Waals surface area contributed by atoms with Gasteiger partial charge in [0.05, 0.1) is 13.5 Å². The standard InChI is InChI=1S/C14H23NO6/c1-9(2)8-15(7-6-12(16)20-3)13(17)10-4-5-11(21-10)14(18)19/h9-11H,4-8H2,1-3H3,(H,18,19). The predicted molar refractivity (Wildman–Crippen MR) is 73.6 cm³/mol. The minimum atomic E-state index is -1.05. The van der Waals surface area contributed by atoms with E-state index < -0.39 is 18.2 Å². The Kier molecular flexibility index (Phi) is 6.61. The largest absolute Gasteiger partial charge is 0.479 e. The zero-order valence-corrected chi connectivity index (χ0v) is 12.7. The van der Waals surface area contributed by atoms with Crippen molar-refractivity contribution in [2.24, 2.45) is 5.92 Å². The average Bonchev–Trinajstić information content (AvgIpc) is 2.91. The van der Waals surface area contributed by atoms with Gasteiger partial charge in [0.2, 0.25) is 0 Å². The van der Waals surface area contributed by atoms with Gasteiger partial charge in [-0.1, -0.05) is 13.8 Å². The fourth-order valence-corrected chi connectivity index (χ4v) is 2.26. The molecule has 2 atom stereocenters. The van der Waals surface area contributed by atoms with Crippen molar-refractivity contribution in [3.63, 3.8) is 0 Å². The lowest BCUT2D eigenvalue weighted by Gasteiger charge is -2.26. The van der Waals surface area contributed by atoms with E-state index in [1.165, 1.54) is 7.11 Å². The molecule has 0 radical (unpaired) electrons. The van der Waals surface area contributed by atoms with E-state index in [4.69, 9.17) is 9.84 Å². The SMILES string of the molecule is COC(=O)CCN(CC(C)C)C(=O)C1CCC(C(=O)O)O1. The van der Waals surface area contributed by atoms with E-state index in [0.29, 0.717) is 19.4 Å². The number of methoxy groups -OCH3 is 1. The Balaban J connectivity index is 2.62. The number of ether oxygens (including phenoxy) is 2. The molecule has 1 heterocycles. The number of nitrogens with zero attached hydrogens (tertiary/aromatic N) is 1. The van der Waals surface area contributed by atoms with E-state index in [2.05, 4.69) is 4.74 Å². The zero-order chi connectivity index (χ0) is 16.0. The minimum absolute atomic E-state index is 0.115. The number of carbonyl (C=O) groups excluding carboxylic acids is 2. The highest BCUT2D eigenvalue weighted by atomic mass is 16.5. The second-order valence-electron chi connectivity index (χ2n) is 5.53. The van der Waals surface area contributed by atoms with Crippen molar-refractivity contribution >= 4 is 17.8 Å². The molecule has 1 aliphatic rings. The van der Waals surface area contributed by atoms with Crippen LogP contribution in [0.5, 0.6) is 0 Å². The van der Waals surface area contributed by atoms with Gasteiger partial charge >= 0.3 is 11.9 Å². The molecule has 0 aromatic carbocycles. The Hall–Kier alpha value is -1.63. The van der Waals surface area contributed by atoms with Crippen molar-refractivity contribution < 1.29 is 29.0 Å². The molecule has 0 aliphatic carbocycles. The van der Waals surface area contributed by atoms with Crippen LogP contribution in [-0.4, -0.2) is 60.3 Å². The Morgan fingerprint density at radius 3 is 2.38 bits per heavy atom. The van der Waals surface area contributed by atoms with Crippen molar-refractivity contribution in [1.29, 1.82) is 0 Å². The van der Waals surface area contributed by atoms with Gasteiger partial charge in [0.25, 0.3) is 5.91 Å². The van der Waals surface area contributed by atoms with Crippen LogP contribution in [0.15, 0.2) is 0 Å². The molecule has 0 aromatic rings. The fourth-order valence-electron chi connectivity index (χ4n) is 2.26. The summed E-state index contributed by atoms with van der Waals surface area (Å²) in [6.07, 6.45) is -0.812. The van der Waals surface area contributed by atoms with Crippen molar-refractivity contribution in [3.8, 4) is 0 Å². The van der Waals surface area contributed by atoms with Crippen molar-refractivity contribution in [2.75, 3.05) is 20.2 Å². The second kappa shape index (κ2) is 7.97. The third-order valence-electron chi connectivity index (χ3n) is 3.28. The monoisotopic (exact) mass is 301 g/mol. The average molecular weight is 301 g/mol. The number of hydrogen-bond donors (Lipinski definition) is 1. The number of aliphatic carboxylic acids is 1. The van der Waals surface area contributed by atoms with Gasteiger partial charge in [0.15, 0.2) is 6.10 Å². The Bertz CT molecular complexity index is 395. The van der Waals surface area contributed by atoms with E-state index in [1.54, 1.807) is 4.90 Å². The summed E-state index contributed by atoms with van der Waals surface area (Å²) in [6.45, 7) is 4.68. The van der Waals surface area contributed by atoms with Crippen LogP contribution >= 0.6 is 0 Å². The van der Waals surface area contributed by atoms with Crippen LogP contribution in [0.4, 0.5) is 0 Å². The van der Waals surface area contributed by atoms with Gasteiger partial charge in [-0.2, -0.15) is 0 Å². The summed E-state index contributed by atoms with van der Waals surface area (Å²) in [5.41, 5.74) is 0. The molecule has 1 rings (SSSR count). The maximum atomic E-state index is 12.4. The van der Waals surface area contributed by atoms with Gasteiger partial charge in [-0.25, -0.2) is 4.79 Å². The summed E-state index contributed by atoms with van der Waals surface area (Å²) >= 11 is 0. The number of carbonyl (C=O) groups is 3. The fraction of sp³-hybridized carbons (Fsp3) is 0.786. The minimum Gasteiger partial charge on any atom is -0.479 e. The number of carboxylic acids is 1. The number of esters is 1. The van der Waals surface area contributed by atoms with Gasteiger partial charge in [0, 0.05) is 13.1 Å². The third kappa shape index (κ3) is 5.34. The molecule has 1 N–H and O–H groups in total. The Morgan fingerprint density at radius 1 is 1.29 bits per heavy atom. The lowest BCUT2D eigenvalue weighted by molar-refractivity contribution is -0.155. The van der Waals surface area contributed by atoms with Crippen molar-refractivity contribution in [2.45, 2.75) is 45.3 Å². The molecule has 7 nitrogen and oxygen atoms in total. The van der Waals surface area contributed by atoms with Gasteiger partial charge in [-0.3, -0.25) is 9.59 Å². The maximum absolute atomic E-state index is 12.4. The number of hydrogen-bond acceptors (Lipinski definition) is 5. The predicted octanol–water partition coefficient (Wildman–Crippen LogP) is 0.666. The molecule has 7 heteroatoms. The molecule has 2 unspecified atom stereocenters. The molecule has 21 heavy (non-hydrogen) atoms. The summed E-state index contributed by atoms with van der Waals surface area (Å²) in [5, 5.41) is 8.89. The van der Waals surface area contributed by atoms with Crippen molar-refractivity contribution in [1.82, 2.24) is 4.90 Å². The van der Waals surface area contributed by atoms with Gasteiger partial charge < -0.3 is 19.5 Å². The quantitative estimate of drug-likeness (QED) is 0.695. The van der Waals surface area contributed by atoms with Gasteiger partial charge in [0.1, 0.15) is 6.10 Å². The van der Waals surface area contributed by atoms with Crippen LogP contribution in [0.3, 0.4) is 0 Å². The van der Waals surface area contributed by atoms with Crippen molar-refractivity contribution in [3.05, 3.63) is 0 Å². The number of rotatable bonds is 7. The highest BCUT2D eigenvalue weighted by molar-refractivity contribution is 5.83. The third-order valence-corrected chi connectivity index (χ3v) is 3.28. The molecular weight excluding hydrogens is 278 g/mol. The van der Waals surface area contributed by atoms with E-state index in [1.807, 2.05) is 13.8 Å². The summed E-state index contributed by atoms with van der Waals surface area (Å²) in [5.74, 6) is -1.44. The van der Waals surface area contributed by atoms with Crippen LogP contribution in [-0.2, 0) is 23.9 Å². The molecule has 1 saturated heterocycles. The molecule has 0 saturated carbocycles. The Morgan fingerprint density at radius 2 is 1.90 bits per heavy atom. The molecule has 0 bridgehead atoms. The molecule has 1 aliphatic heterocycles. The Labute approximate surface area is 124 Å². The van der Waals surface area contributed by atoms with Gasteiger partial charge in [-0.05, 0) is 18.8 Å². The van der Waals surface area contributed by atoms with E-state index in [-0.39, 0.29) is 30.8 Å². The molecule has 1 fully saturated rings. The highest BCUT2D eigenvalue weighted by Gasteiger charge is 2.36. The normalized spacial score (nSPS) is 21.3. The van der Waals surface area contributed by atoms with Crippen LogP contribution in [0.25, 0.3) is 0 Å². The lowest BCUT2D eigenvalue weighted by Crippen LogP contribution is -2.42. The first-order valence-corrected chi connectivity index (χ1v) is 7.09. The van der Waals surface area contributed by atoms with E-state index in [9.17, 15) is 14.4 Å². The smallest absolute Gasteiger partial charge is 0.332 e. The van der Waals surface area contributed by atoms with E-state index in [0.717, 1.165) is 0 Å². The highest BCUT2D eigenvalue weighted by Crippen LogP contribution is 2.22. The molecule has 0 aromatic heterocycles. The second-order valence-corrected chi connectivity index (χ2v) is 5.53. The summed E-state index contributed by atoms with van der Waals surface area (Å²) in [6, 6.07) is 0. The molecule has 1 amide bonds. The number of amides is 1. The molecular formula is C14H23NO6.